The number of amidine groups is 1. The summed E-state index contributed by atoms with van der Waals surface area (Å²) in [5.41, 5.74) is 0.0424. The Kier molecular flexibility index (Phi) is 7.95. The minimum atomic E-state index is -3.92. The molecular weight excluding hydrogens is 515 g/mol. The summed E-state index contributed by atoms with van der Waals surface area (Å²) in [5.74, 6) is -0.543. The highest BCUT2D eigenvalue weighted by molar-refractivity contribution is 7.92. The van der Waals surface area contributed by atoms with Crippen molar-refractivity contribution >= 4 is 46.0 Å². The van der Waals surface area contributed by atoms with E-state index < -0.39 is 34.9 Å². The van der Waals surface area contributed by atoms with Gasteiger partial charge in [0.2, 0.25) is 10.0 Å². The lowest BCUT2D eigenvalue weighted by atomic mass is 9.84. The van der Waals surface area contributed by atoms with Crippen molar-refractivity contribution in [2.75, 3.05) is 29.4 Å². The third kappa shape index (κ3) is 6.56. The topological polar surface area (TPSA) is 137 Å². The fourth-order valence-electron chi connectivity index (χ4n) is 4.35. The van der Waals surface area contributed by atoms with Crippen molar-refractivity contribution in [3.63, 3.8) is 0 Å². The van der Waals surface area contributed by atoms with E-state index in [0.717, 1.165) is 12.7 Å². The normalized spacial score (nSPS) is 22.6. The van der Waals surface area contributed by atoms with Crippen LogP contribution in [0, 0.1) is 10.8 Å². The first-order valence-electron chi connectivity index (χ1n) is 12.3. The second kappa shape index (κ2) is 10.1. The molecule has 2 unspecified atom stereocenters. The molecule has 10 nitrogen and oxygen atoms in total. The fraction of sp³-hybridized carbons (Fsp3) is 0.600. The molecule has 206 valence electrons. The summed E-state index contributed by atoms with van der Waals surface area (Å²) in [5, 5.41) is 14.6. The lowest BCUT2D eigenvalue weighted by molar-refractivity contribution is -0.128. The standard InChI is InChI=1S/C25H39N4O6PS/c1-9-14-35-36(32)18-15-16(28-37(8,33)34)10-11-17(18)26-22(27-36)19-20(30)21(25(5,6)7)29(23(19)31)13-12-24(2,3)4/h10-11,15,21,28,30H,9,12-14H2,1-8H3,(H,26,27,32). The Bertz CT molecular complexity index is 1290. The molecule has 3 N–H and O–H groups in total. The lowest BCUT2D eigenvalue weighted by Crippen LogP contribution is -2.45. The molecule has 12 heteroatoms. The molecule has 3 rings (SSSR count). The number of aliphatic hydroxyl groups excluding tert-OH is 1. The number of amides is 1. The number of benzene rings is 1. The molecule has 0 radical (unpaired) electrons. The third-order valence-electron chi connectivity index (χ3n) is 6.02. The second-order valence-electron chi connectivity index (χ2n) is 11.9. The van der Waals surface area contributed by atoms with Gasteiger partial charge < -0.3 is 19.8 Å². The number of fused-ring (bicyclic) bond motifs is 1. The van der Waals surface area contributed by atoms with Crippen LogP contribution in [0.2, 0.25) is 0 Å². The van der Waals surface area contributed by atoms with E-state index in [4.69, 9.17) is 4.52 Å². The Balaban J connectivity index is 2.11. The molecule has 0 saturated carbocycles. The summed E-state index contributed by atoms with van der Waals surface area (Å²) < 4.78 is 50.0. The van der Waals surface area contributed by atoms with Crippen molar-refractivity contribution in [3.05, 3.63) is 29.5 Å². The van der Waals surface area contributed by atoms with E-state index in [-0.39, 0.29) is 40.2 Å². The molecule has 2 heterocycles. The molecule has 0 spiro atoms. The van der Waals surface area contributed by atoms with Crippen LogP contribution in [0.15, 0.2) is 34.3 Å². The molecule has 0 aliphatic carbocycles. The minimum absolute atomic E-state index is 0.0224. The minimum Gasteiger partial charge on any atom is -0.509 e. The first-order valence-corrected chi connectivity index (χ1v) is 15.8. The monoisotopic (exact) mass is 554 g/mol. The highest BCUT2D eigenvalue weighted by atomic mass is 32.2. The lowest BCUT2D eigenvalue weighted by Gasteiger charge is -2.36. The summed E-state index contributed by atoms with van der Waals surface area (Å²) in [4.78, 5) is 15.4. The van der Waals surface area contributed by atoms with Gasteiger partial charge in [-0.25, -0.2) is 8.42 Å². The zero-order valence-corrected chi connectivity index (χ0v) is 24.6. The average Bonchev–Trinajstić information content (AvgIpc) is 2.99. The van der Waals surface area contributed by atoms with Gasteiger partial charge in [-0.3, -0.25) is 14.1 Å². The van der Waals surface area contributed by atoms with Crippen molar-refractivity contribution in [2.45, 2.75) is 67.3 Å². The average molecular weight is 555 g/mol. The predicted molar refractivity (Wildman–Crippen MR) is 148 cm³/mol. The summed E-state index contributed by atoms with van der Waals surface area (Å²) >= 11 is 0. The van der Waals surface area contributed by atoms with Crippen LogP contribution in [-0.4, -0.2) is 55.6 Å². The Hall–Kier alpha value is -2.36. The second-order valence-corrected chi connectivity index (χ2v) is 15.6. The number of nitrogens with one attached hydrogen (secondary N) is 2. The zero-order chi connectivity index (χ0) is 28.0. The molecule has 1 aromatic rings. The molecule has 1 amide bonds. The van der Waals surface area contributed by atoms with E-state index >= 15 is 0 Å². The molecule has 1 aromatic carbocycles. The van der Waals surface area contributed by atoms with E-state index in [1.165, 1.54) is 12.1 Å². The highest BCUT2D eigenvalue weighted by Crippen LogP contribution is 2.53. The van der Waals surface area contributed by atoms with Crippen LogP contribution in [0.5, 0.6) is 0 Å². The van der Waals surface area contributed by atoms with Gasteiger partial charge in [0.05, 0.1) is 29.9 Å². The van der Waals surface area contributed by atoms with E-state index in [2.05, 4.69) is 35.6 Å². The predicted octanol–water partition coefficient (Wildman–Crippen LogP) is 4.63. The summed E-state index contributed by atoms with van der Waals surface area (Å²) in [6, 6.07) is 3.90. The number of carbonyl (C=O) groups excluding carboxylic acids is 1. The van der Waals surface area contributed by atoms with Gasteiger partial charge in [-0.2, -0.15) is 4.76 Å². The molecule has 37 heavy (non-hydrogen) atoms. The van der Waals surface area contributed by atoms with Gasteiger partial charge in [0, 0.05) is 12.2 Å². The Morgan fingerprint density at radius 1 is 1.22 bits per heavy atom. The van der Waals surface area contributed by atoms with Crippen molar-refractivity contribution < 1.29 is 27.4 Å². The van der Waals surface area contributed by atoms with Crippen LogP contribution >= 0.6 is 7.52 Å². The number of anilines is 2. The van der Waals surface area contributed by atoms with E-state index in [1.54, 1.807) is 11.0 Å². The first kappa shape index (κ1) is 29.2. The van der Waals surface area contributed by atoms with Crippen molar-refractivity contribution in [2.24, 2.45) is 15.6 Å². The van der Waals surface area contributed by atoms with Crippen LogP contribution in [0.25, 0.3) is 0 Å². The van der Waals surface area contributed by atoms with Crippen LogP contribution < -0.4 is 15.3 Å². The Labute approximate surface area is 220 Å². The number of carbonyl (C=O) groups is 1. The van der Waals surface area contributed by atoms with Gasteiger partial charge in [-0.1, -0.05) is 48.5 Å². The Morgan fingerprint density at radius 2 is 1.86 bits per heavy atom. The van der Waals surface area contributed by atoms with E-state index in [0.29, 0.717) is 18.7 Å². The van der Waals surface area contributed by atoms with Crippen molar-refractivity contribution in [1.82, 2.24) is 4.90 Å². The molecular formula is C25H39N4O6PS. The number of rotatable bonds is 8. The molecule has 2 atom stereocenters. The number of aliphatic hydroxyl groups is 1. The first-order chi connectivity index (χ1) is 16.9. The maximum atomic E-state index is 14.1. The van der Waals surface area contributed by atoms with Crippen LogP contribution in [0.3, 0.4) is 0 Å². The molecule has 0 fully saturated rings. The Morgan fingerprint density at radius 3 is 2.41 bits per heavy atom. The number of hydrogen-bond donors (Lipinski definition) is 3. The summed E-state index contributed by atoms with van der Waals surface area (Å²) in [6.07, 6.45) is 2.31. The van der Waals surface area contributed by atoms with E-state index in [1.807, 2.05) is 27.7 Å². The smallest absolute Gasteiger partial charge is 0.348 e. The quantitative estimate of drug-likeness (QED) is 0.398. The van der Waals surface area contributed by atoms with Gasteiger partial charge in [0.1, 0.15) is 11.3 Å². The van der Waals surface area contributed by atoms with Crippen molar-refractivity contribution in [1.29, 1.82) is 0 Å². The van der Waals surface area contributed by atoms with Gasteiger partial charge in [-0.05, 0) is 41.9 Å². The third-order valence-corrected chi connectivity index (χ3v) is 8.60. The molecule has 2 aliphatic rings. The maximum Gasteiger partial charge on any atom is 0.348 e. The molecule has 0 saturated heterocycles. The van der Waals surface area contributed by atoms with Gasteiger partial charge in [0.15, 0.2) is 5.84 Å². The van der Waals surface area contributed by atoms with Crippen LogP contribution in [-0.2, 0) is 23.9 Å². The number of hydrogen-bond acceptors (Lipinski definition) is 7. The molecule has 0 aromatic heterocycles. The summed E-state index contributed by atoms with van der Waals surface area (Å²) in [7, 11) is -7.49. The zero-order valence-electron chi connectivity index (χ0n) is 22.9. The maximum absolute atomic E-state index is 14.1. The molecule has 2 aliphatic heterocycles. The number of sulfonamides is 1. The SMILES string of the molecule is CCCOP1(=O)N=C(C2=C(O)C(C(C)(C)C)N(CCC(C)(C)C)C2=O)Nc2ccc(NS(C)(=O)=O)cc21. The van der Waals surface area contributed by atoms with Crippen molar-refractivity contribution in [3.8, 4) is 0 Å². The van der Waals surface area contributed by atoms with Gasteiger partial charge in [-0.15, -0.1) is 0 Å². The van der Waals surface area contributed by atoms with Gasteiger partial charge in [0.25, 0.3) is 5.91 Å². The molecule has 0 bridgehead atoms. The highest BCUT2D eigenvalue weighted by Gasteiger charge is 2.48. The van der Waals surface area contributed by atoms with Gasteiger partial charge >= 0.3 is 7.52 Å². The number of nitrogens with zero attached hydrogens (tertiary/aromatic N) is 2. The fourth-order valence-corrected chi connectivity index (χ4v) is 6.79. The summed E-state index contributed by atoms with van der Waals surface area (Å²) in [6.45, 7) is 14.5. The van der Waals surface area contributed by atoms with Crippen LogP contribution in [0.4, 0.5) is 11.4 Å². The van der Waals surface area contributed by atoms with E-state index in [9.17, 15) is 22.9 Å². The largest absolute Gasteiger partial charge is 0.509 e. The van der Waals surface area contributed by atoms with Crippen LogP contribution in [0.1, 0.15) is 61.3 Å².